The van der Waals surface area contributed by atoms with Crippen molar-refractivity contribution in [2.24, 2.45) is 0 Å². The molecule has 94 valence electrons. The van der Waals surface area contributed by atoms with Gasteiger partial charge in [-0.3, -0.25) is 14.5 Å². The number of hydrogen-bond acceptors (Lipinski definition) is 4. The first-order valence-electron chi connectivity index (χ1n) is 5.78. The maximum absolute atomic E-state index is 12.1. The number of piperazine rings is 1. The summed E-state index contributed by atoms with van der Waals surface area (Å²) in [5.41, 5.74) is 0.136. The van der Waals surface area contributed by atoms with Gasteiger partial charge in [0, 0.05) is 44.0 Å². The number of aromatic nitrogens is 1. The van der Waals surface area contributed by atoms with Gasteiger partial charge < -0.3 is 9.88 Å². The molecule has 1 N–H and O–H groups in total. The predicted molar refractivity (Wildman–Crippen MR) is 65.0 cm³/mol. The molecule has 2 rings (SSSR count). The van der Waals surface area contributed by atoms with Gasteiger partial charge in [-0.15, -0.1) is 0 Å². The van der Waals surface area contributed by atoms with Crippen molar-refractivity contribution in [2.45, 2.75) is 0 Å². The van der Waals surface area contributed by atoms with Gasteiger partial charge in [-0.1, -0.05) is 0 Å². The van der Waals surface area contributed by atoms with Crippen molar-refractivity contribution < 1.29 is 4.79 Å². The predicted octanol–water partition coefficient (Wildman–Crippen LogP) is -0.344. The zero-order valence-electron chi connectivity index (χ0n) is 9.93. The zero-order chi connectivity index (χ0) is 13.0. The van der Waals surface area contributed by atoms with Crippen LogP contribution in [-0.4, -0.2) is 53.4 Å². The summed E-state index contributed by atoms with van der Waals surface area (Å²) in [6.45, 7) is 2.97. The highest BCUT2D eigenvalue weighted by Gasteiger charge is 2.21. The highest BCUT2D eigenvalue weighted by atomic mass is 16.2. The van der Waals surface area contributed by atoms with Crippen LogP contribution in [0, 0.1) is 11.3 Å². The van der Waals surface area contributed by atoms with Gasteiger partial charge in [0.2, 0.25) is 5.56 Å². The molecule has 0 unspecified atom stereocenters. The van der Waals surface area contributed by atoms with Gasteiger partial charge in [-0.05, 0) is 6.07 Å². The molecule has 2 heterocycles. The van der Waals surface area contributed by atoms with E-state index in [9.17, 15) is 9.59 Å². The summed E-state index contributed by atoms with van der Waals surface area (Å²) in [4.78, 5) is 29.4. The number of H-pyrrole nitrogens is 1. The van der Waals surface area contributed by atoms with E-state index in [1.54, 1.807) is 11.0 Å². The summed E-state index contributed by atoms with van der Waals surface area (Å²) in [5, 5.41) is 8.59. The van der Waals surface area contributed by atoms with E-state index in [0.717, 1.165) is 0 Å². The van der Waals surface area contributed by atoms with Gasteiger partial charge in [0.15, 0.2) is 0 Å². The van der Waals surface area contributed by atoms with Gasteiger partial charge >= 0.3 is 0 Å². The van der Waals surface area contributed by atoms with Crippen LogP contribution in [-0.2, 0) is 0 Å². The van der Waals surface area contributed by atoms with Crippen LogP contribution in [0.5, 0.6) is 0 Å². The molecule has 0 aromatic carbocycles. The highest BCUT2D eigenvalue weighted by Crippen LogP contribution is 2.06. The summed E-state index contributed by atoms with van der Waals surface area (Å²) in [6, 6.07) is 5.01. The van der Waals surface area contributed by atoms with E-state index in [2.05, 4.69) is 11.1 Å². The van der Waals surface area contributed by atoms with Crippen molar-refractivity contribution in [3.8, 4) is 6.07 Å². The minimum Gasteiger partial charge on any atom is -0.336 e. The van der Waals surface area contributed by atoms with Crippen LogP contribution >= 0.6 is 0 Å². The van der Waals surface area contributed by atoms with E-state index in [0.29, 0.717) is 38.3 Å². The van der Waals surface area contributed by atoms with Crippen LogP contribution in [0.1, 0.15) is 10.4 Å². The van der Waals surface area contributed by atoms with Gasteiger partial charge in [0.25, 0.3) is 5.91 Å². The minimum atomic E-state index is -0.274. The Morgan fingerprint density at radius 2 is 2.11 bits per heavy atom. The van der Waals surface area contributed by atoms with Crippen LogP contribution in [0.25, 0.3) is 0 Å². The Kier molecular flexibility index (Phi) is 3.75. The van der Waals surface area contributed by atoms with E-state index in [1.807, 2.05) is 4.90 Å². The Morgan fingerprint density at radius 3 is 2.72 bits per heavy atom. The van der Waals surface area contributed by atoms with Crippen LogP contribution in [0.15, 0.2) is 23.1 Å². The van der Waals surface area contributed by atoms with Crippen molar-refractivity contribution in [1.29, 1.82) is 5.26 Å². The molecule has 1 aromatic rings. The number of hydrogen-bond donors (Lipinski definition) is 1. The quantitative estimate of drug-likeness (QED) is 0.724. The van der Waals surface area contributed by atoms with E-state index < -0.39 is 0 Å². The van der Waals surface area contributed by atoms with Crippen LogP contribution in [0.2, 0.25) is 0 Å². The monoisotopic (exact) mass is 246 g/mol. The topological polar surface area (TPSA) is 80.2 Å². The number of carbonyl (C=O) groups is 1. The minimum absolute atomic E-state index is 0.127. The second-order valence-corrected chi connectivity index (χ2v) is 4.17. The molecule has 0 saturated carbocycles. The van der Waals surface area contributed by atoms with Crippen molar-refractivity contribution in [2.75, 3.05) is 32.7 Å². The lowest BCUT2D eigenvalue weighted by molar-refractivity contribution is 0.0651. The maximum atomic E-state index is 12.1. The molecular weight excluding hydrogens is 232 g/mol. The lowest BCUT2D eigenvalue weighted by Gasteiger charge is -2.33. The van der Waals surface area contributed by atoms with Gasteiger partial charge in [-0.2, -0.15) is 5.26 Å². The molecular formula is C12H14N4O2. The molecule has 0 atom stereocenters. The fraction of sp³-hybridized carbons (Fsp3) is 0.417. The number of aromatic amines is 1. The van der Waals surface area contributed by atoms with Crippen LogP contribution in [0.3, 0.4) is 0 Å². The molecule has 0 spiro atoms. The van der Waals surface area contributed by atoms with Crippen molar-refractivity contribution in [1.82, 2.24) is 14.8 Å². The first kappa shape index (κ1) is 12.3. The summed E-state index contributed by atoms with van der Waals surface area (Å²) in [6.07, 6.45) is 1.47. The lowest BCUT2D eigenvalue weighted by atomic mass is 10.2. The molecule has 1 saturated heterocycles. The lowest BCUT2D eigenvalue weighted by Crippen LogP contribution is -2.48. The Labute approximate surface area is 104 Å². The summed E-state index contributed by atoms with van der Waals surface area (Å²) in [7, 11) is 0. The third-order valence-corrected chi connectivity index (χ3v) is 2.98. The largest absolute Gasteiger partial charge is 0.336 e. The fourth-order valence-electron chi connectivity index (χ4n) is 1.97. The fourth-order valence-corrected chi connectivity index (χ4v) is 1.97. The molecule has 1 aliphatic heterocycles. The highest BCUT2D eigenvalue weighted by molar-refractivity contribution is 5.94. The number of carbonyl (C=O) groups excluding carboxylic acids is 1. The van der Waals surface area contributed by atoms with Crippen molar-refractivity contribution in [3.05, 3.63) is 34.2 Å². The van der Waals surface area contributed by atoms with E-state index >= 15 is 0 Å². The molecule has 0 bridgehead atoms. The Morgan fingerprint density at radius 1 is 1.39 bits per heavy atom. The number of rotatable bonds is 2. The first-order chi connectivity index (χ1) is 8.70. The normalized spacial score (nSPS) is 16.3. The Hall–Kier alpha value is -2.13. The first-order valence-corrected chi connectivity index (χ1v) is 5.78. The second kappa shape index (κ2) is 5.47. The average Bonchev–Trinajstić information content (AvgIpc) is 2.39. The van der Waals surface area contributed by atoms with Crippen molar-refractivity contribution >= 4 is 5.91 Å². The summed E-state index contributed by atoms with van der Waals surface area (Å²) in [5.74, 6) is -0.127. The molecule has 6 nitrogen and oxygen atoms in total. The Bertz CT molecular complexity index is 523. The molecule has 6 heteroatoms. The molecule has 1 aliphatic rings. The number of amides is 1. The van der Waals surface area contributed by atoms with E-state index in [4.69, 9.17) is 5.26 Å². The third-order valence-electron chi connectivity index (χ3n) is 2.98. The van der Waals surface area contributed by atoms with Gasteiger partial charge in [-0.25, -0.2) is 0 Å². The van der Waals surface area contributed by atoms with Gasteiger partial charge in [0.1, 0.15) is 0 Å². The number of nitrogens with zero attached hydrogens (tertiary/aromatic N) is 3. The number of pyridine rings is 1. The Balaban J connectivity index is 2.00. The molecule has 0 radical (unpaired) electrons. The third kappa shape index (κ3) is 2.76. The number of nitriles is 1. The summed E-state index contributed by atoms with van der Waals surface area (Å²) >= 11 is 0. The standard InChI is InChI=1S/C12H14N4O2/c13-2-4-15-5-7-16(8-6-15)12(18)10-1-3-14-11(17)9-10/h1,3,9H,4-8H2,(H,14,17). The van der Waals surface area contributed by atoms with Crippen LogP contribution in [0.4, 0.5) is 0 Å². The molecule has 1 fully saturated rings. The second-order valence-electron chi connectivity index (χ2n) is 4.17. The van der Waals surface area contributed by atoms with Crippen molar-refractivity contribution in [3.63, 3.8) is 0 Å². The molecule has 0 aliphatic carbocycles. The number of nitrogens with one attached hydrogen (secondary N) is 1. The zero-order valence-corrected chi connectivity index (χ0v) is 9.93. The SMILES string of the molecule is N#CCN1CCN(C(=O)c2cc[nH]c(=O)c2)CC1. The smallest absolute Gasteiger partial charge is 0.254 e. The van der Waals surface area contributed by atoms with E-state index in [-0.39, 0.29) is 11.5 Å². The van der Waals surface area contributed by atoms with E-state index in [1.165, 1.54) is 12.3 Å². The molecule has 1 aromatic heterocycles. The average molecular weight is 246 g/mol. The van der Waals surface area contributed by atoms with Crippen LogP contribution < -0.4 is 5.56 Å². The van der Waals surface area contributed by atoms with Gasteiger partial charge in [0.05, 0.1) is 12.6 Å². The molecule has 1 amide bonds. The maximum Gasteiger partial charge on any atom is 0.254 e. The summed E-state index contributed by atoms with van der Waals surface area (Å²) < 4.78 is 0. The molecule has 18 heavy (non-hydrogen) atoms.